The smallest absolute Gasteiger partial charge is 0.0646 e. The Labute approximate surface area is 138 Å². The van der Waals surface area contributed by atoms with E-state index in [9.17, 15) is 0 Å². The van der Waals surface area contributed by atoms with Gasteiger partial charge in [-0.15, -0.1) is 11.3 Å². The van der Waals surface area contributed by atoms with E-state index in [0.29, 0.717) is 22.9 Å². The second-order valence-corrected chi connectivity index (χ2v) is 7.94. The summed E-state index contributed by atoms with van der Waals surface area (Å²) >= 11 is 14.5. The third-order valence-electron chi connectivity index (χ3n) is 4.45. The zero-order valence-electron chi connectivity index (χ0n) is 11.6. The van der Waals surface area contributed by atoms with Crippen molar-refractivity contribution in [1.29, 1.82) is 0 Å². The topological polar surface area (TPSA) is 12.0 Å². The van der Waals surface area contributed by atoms with Gasteiger partial charge >= 0.3 is 0 Å². The first-order chi connectivity index (χ1) is 10.1. The molecule has 3 unspecified atom stereocenters. The van der Waals surface area contributed by atoms with Crippen LogP contribution in [0, 0.1) is 12.8 Å². The second-order valence-electron chi connectivity index (χ2n) is 5.77. The molecular formula is C17H15Cl2NS. The zero-order valence-corrected chi connectivity index (χ0v) is 13.9. The first-order valence-electron chi connectivity index (χ1n) is 7.12. The molecule has 1 aromatic heterocycles. The van der Waals surface area contributed by atoms with Crippen molar-refractivity contribution >= 4 is 40.2 Å². The molecule has 1 aliphatic heterocycles. The van der Waals surface area contributed by atoms with Crippen LogP contribution in [0.3, 0.4) is 0 Å². The number of thiophene rings is 1. The Hall–Kier alpha value is -0.960. The SMILES string of the molecule is Cc1ccc(C2Nc3cc(Cl)cc(Cl)c3C3C=CCC32)s1. The number of hydrogen-bond acceptors (Lipinski definition) is 2. The second kappa shape index (κ2) is 5.05. The largest absolute Gasteiger partial charge is 0.377 e. The summed E-state index contributed by atoms with van der Waals surface area (Å²) in [5.41, 5.74) is 2.28. The van der Waals surface area contributed by atoms with E-state index in [0.717, 1.165) is 17.1 Å². The third-order valence-corrected chi connectivity index (χ3v) is 6.06. The fourth-order valence-corrected chi connectivity index (χ4v) is 5.17. The summed E-state index contributed by atoms with van der Waals surface area (Å²) in [4.78, 5) is 2.75. The summed E-state index contributed by atoms with van der Waals surface area (Å²) in [6.45, 7) is 2.16. The molecule has 0 fully saturated rings. The van der Waals surface area contributed by atoms with Gasteiger partial charge < -0.3 is 5.32 Å². The van der Waals surface area contributed by atoms with E-state index in [1.165, 1.54) is 15.3 Å². The predicted octanol–water partition coefficient (Wildman–Crippen LogP) is 6.19. The standard InChI is InChI=1S/C17H15Cl2NS/c1-9-5-6-15(21-9)17-12-4-2-3-11(12)16-13(19)7-10(18)8-14(16)20-17/h2-3,5-8,11-12,17,20H,4H2,1H3. The lowest BCUT2D eigenvalue weighted by Crippen LogP contribution is -2.28. The van der Waals surface area contributed by atoms with Crippen molar-refractivity contribution in [2.45, 2.75) is 25.3 Å². The van der Waals surface area contributed by atoms with Crippen LogP contribution in [-0.4, -0.2) is 0 Å². The summed E-state index contributed by atoms with van der Waals surface area (Å²) in [6, 6.07) is 8.62. The van der Waals surface area contributed by atoms with Crippen LogP contribution in [0.4, 0.5) is 5.69 Å². The van der Waals surface area contributed by atoms with E-state index < -0.39 is 0 Å². The number of hydrogen-bond donors (Lipinski definition) is 1. The predicted molar refractivity (Wildman–Crippen MR) is 91.9 cm³/mol. The van der Waals surface area contributed by atoms with Crippen LogP contribution in [0.5, 0.6) is 0 Å². The van der Waals surface area contributed by atoms with Crippen LogP contribution < -0.4 is 5.32 Å². The van der Waals surface area contributed by atoms with Crippen molar-refractivity contribution in [3.63, 3.8) is 0 Å². The highest BCUT2D eigenvalue weighted by molar-refractivity contribution is 7.12. The third kappa shape index (κ3) is 2.21. The molecule has 1 aromatic carbocycles. The average Bonchev–Trinajstić information content (AvgIpc) is 3.05. The summed E-state index contributed by atoms with van der Waals surface area (Å²) < 4.78 is 0. The van der Waals surface area contributed by atoms with Gasteiger partial charge in [-0.1, -0.05) is 35.4 Å². The molecule has 0 bridgehead atoms. The summed E-state index contributed by atoms with van der Waals surface area (Å²) in [5, 5.41) is 5.14. The Morgan fingerprint density at radius 2 is 2.10 bits per heavy atom. The highest BCUT2D eigenvalue weighted by atomic mass is 35.5. The van der Waals surface area contributed by atoms with Crippen molar-refractivity contribution in [1.82, 2.24) is 0 Å². The Morgan fingerprint density at radius 1 is 1.24 bits per heavy atom. The van der Waals surface area contributed by atoms with Gasteiger partial charge in [-0.05, 0) is 43.5 Å². The molecule has 2 aliphatic rings. The maximum atomic E-state index is 6.46. The van der Waals surface area contributed by atoms with Gasteiger partial charge in [-0.25, -0.2) is 0 Å². The monoisotopic (exact) mass is 335 g/mol. The van der Waals surface area contributed by atoms with Crippen LogP contribution in [0.15, 0.2) is 36.4 Å². The molecular weight excluding hydrogens is 321 g/mol. The van der Waals surface area contributed by atoms with E-state index in [-0.39, 0.29) is 0 Å². The fourth-order valence-electron chi connectivity index (χ4n) is 3.55. The van der Waals surface area contributed by atoms with Gasteiger partial charge in [0.25, 0.3) is 0 Å². The molecule has 4 heteroatoms. The first-order valence-corrected chi connectivity index (χ1v) is 8.69. The molecule has 108 valence electrons. The molecule has 21 heavy (non-hydrogen) atoms. The summed E-state index contributed by atoms with van der Waals surface area (Å²) in [5.74, 6) is 0.924. The molecule has 0 saturated carbocycles. The number of rotatable bonds is 1. The van der Waals surface area contributed by atoms with Gasteiger partial charge in [0.15, 0.2) is 0 Å². The van der Waals surface area contributed by atoms with E-state index in [1.807, 2.05) is 23.5 Å². The molecule has 0 radical (unpaired) electrons. The average molecular weight is 336 g/mol. The number of nitrogens with one attached hydrogen (secondary N) is 1. The minimum Gasteiger partial charge on any atom is -0.377 e. The summed E-state index contributed by atoms with van der Waals surface area (Å²) in [6.07, 6.45) is 5.68. The molecule has 1 nitrogen and oxygen atoms in total. The maximum absolute atomic E-state index is 6.46. The highest BCUT2D eigenvalue weighted by Crippen LogP contribution is 2.53. The lowest BCUT2D eigenvalue weighted by molar-refractivity contribution is 0.430. The molecule has 4 rings (SSSR count). The Bertz CT molecular complexity index is 734. The van der Waals surface area contributed by atoms with Crippen molar-refractivity contribution in [2.75, 3.05) is 5.32 Å². The van der Waals surface area contributed by atoms with Crippen molar-refractivity contribution < 1.29 is 0 Å². The van der Waals surface area contributed by atoms with Crippen LogP contribution in [0.25, 0.3) is 0 Å². The van der Waals surface area contributed by atoms with Crippen LogP contribution in [-0.2, 0) is 0 Å². The highest BCUT2D eigenvalue weighted by Gasteiger charge is 2.39. The van der Waals surface area contributed by atoms with E-state index in [4.69, 9.17) is 23.2 Å². The molecule has 0 amide bonds. The van der Waals surface area contributed by atoms with Crippen LogP contribution >= 0.6 is 34.5 Å². The number of anilines is 1. The van der Waals surface area contributed by atoms with Crippen molar-refractivity contribution in [3.8, 4) is 0 Å². The summed E-state index contributed by atoms with van der Waals surface area (Å²) in [7, 11) is 0. The van der Waals surface area contributed by atoms with Crippen molar-refractivity contribution in [3.05, 3.63) is 61.8 Å². The molecule has 2 heterocycles. The minimum absolute atomic E-state index is 0.339. The molecule has 0 spiro atoms. The number of aryl methyl sites for hydroxylation is 1. The Kier molecular flexibility index (Phi) is 3.29. The van der Waals surface area contributed by atoms with Crippen LogP contribution in [0.1, 0.15) is 33.7 Å². The van der Waals surface area contributed by atoms with Gasteiger partial charge in [0.05, 0.1) is 6.04 Å². The quantitative estimate of drug-likeness (QED) is 0.612. The molecule has 2 aromatic rings. The number of fused-ring (bicyclic) bond motifs is 3. The van der Waals surface area contributed by atoms with E-state index in [2.05, 4.69) is 36.5 Å². The normalized spacial score (nSPS) is 26.3. The lowest BCUT2D eigenvalue weighted by atomic mass is 9.79. The fraction of sp³-hybridized carbons (Fsp3) is 0.294. The van der Waals surface area contributed by atoms with Gasteiger partial charge in [0.1, 0.15) is 0 Å². The lowest BCUT2D eigenvalue weighted by Gasteiger charge is -2.37. The number of halogens is 2. The van der Waals surface area contributed by atoms with Gasteiger partial charge in [-0.3, -0.25) is 0 Å². The van der Waals surface area contributed by atoms with E-state index in [1.54, 1.807) is 0 Å². The first kappa shape index (κ1) is 13.7. The number of benzene rings is 1. The molecule has 1 aliphatic carbocycles. The maximum Gasteiger partial charge on any atom is 0.0646 e. The molecule has 3 atom stereocenters. The van der Waals surface area contributed by atoms with Crippen molar-refractivity contribution in [2.24, 2.45) is 5.92 Å². The minimum atomic E-state index is 0.339. The van der Waals surface area contributed by atoms with Gasteiger partial charge in [0, 0.05) is 37.0 Å². The molecule has 1 N–H and O–H groups in total. The molecule has 0 saturated heterocycles. The van der Waals surface area contributed by atoms with E-state index >= 15 is 0 Å². The van der Waals surface area contributed by atoms with Gasteiger partial charge in [-0.2, -0.15) is 0 Å². The van der Waals surface area contributed by atoms with Crippen LogP contribution in [0.2, 0.25) is 10.0 Å². The Morgan fingerprint density at radius 3 is 2.86 bits per heavy atom. The Balaban J connectivity index is 1.84. The number of allylic oxidation sites excluding steroid dienone is 2. The van der Waals surface area contributed by atoms with Gasteiger partial charge in [0.2, 0.25) is 0 Å². The zero-order chi connectivity index (χ0) is 14.6.